The summed E-state index contributed by atoms with van der Waals surface area (Å²) in [5.41, 5.74) is 2.94. The van der Waals surface area contributed by atoms with Gasteiger partial charge in [0.05, 0.1) is 6.20 Å². The zero-order valence-electron chi connectivity index (χ0n) is 9.48. The standard InChI is InChI=1S/C10H14ClN5O/c1-16(8(17)4-6-2-3-6)7-5-13-10(11)14-9(7)15-12/h5-6H,2-4,12H2,1H3,(H,13,14,15). The average molecular weight is 256 g/mol. The third-order valence-corrected chi connectivity index (χ3v) is 2.95. The highest BCUT2D eigenvalue weighted by Crippen LogP contribution is 2.33. The Bertz CT molecular complexity index is 435. The number of nitrogens with two attached hydrogens (primary N) is 1. The summed E-state index contributed by atoms with van der Waals surface area (Å²) in [4.78, 5) is 21.2. The highest BCUT2D eigenvalue weighted by molar-refractivity contribution is 6.28. The fourth-order valence-electron chi connectivity index (χ4n) is 1.55. The lowest BCUT2D eigenvalue weighted by Gasteiger charge is -2.19. The lowest BCUT2D eigenvalue weighted by atomic mass is 10.2. The van der Waals surface area contributed by atoms with Crippen LogP contribution in [0.15, 0.2) is 6.20 Å². The number of nitrogens with one attached hydrogen (secondary N) is 1. The number of aromatic nitrogens is 2. The molecule has 1 heterocycles. The Hall–Kier alpha value is -1.40. The van der Waals surface area contributed by atoms with E-state index in [1.165, 1.54) is 11.1 Å². The van der Waals surface area contributed by atoms with Crippen molar-refractivity contribution in [2.75, 3.05) is 17.4 Å². The Kier molecular flexibility index (Phi) is 3.44. The van der Waals surface area contributed by atoms with Crippen LogP contribution in [0.2, 0.25) is 5.28 Å². The minimum absolute atomic E-state index is 0.0370. The molecule has 1 amide bonds. The summed E-state index contributed by atoms with van der Waals surface area (Å²) in [6, 6.07) is 0. The number of carbonyl (C=O) groups is 1. The maximum absolute atomic E-state index is 11.9. The molecule has 0 aliphatic heterocycles. The van der Waals surface area contributed by atoms with Gasteiger partial charge in [-0.1, -0.05) is 0 Å². The fourth-order valence-corrected chi connectivity index (χ4v) is 1.68. The van der Waals surface area contributed by atoms with E-state index in [0.29, 0.717) is 23.8 Å². The highest BCUT2D eigenvalue weighted by Gasteiger charge is 2.27. The van der Waals surface area contributed by atoms with Crippen LogP contribution < -0.4 is 16.2 Å². The summed E-state index contributed by atoms with van der Waals surface area (Å²) in [7, 11) is 1.68. The molecular weight excluding hydrogens is 242 g/mol. The van der Waals surface area contributed by atoms with Crippen molar-refractivity contribution in [3.05, 3.63) is 11.5 Å². The predicted octanol–water partition coefficient (Wildman–Crippen LogP) is 1.18. The van der Waals surface area contributed by atoms with Crippen molar-refractivity contribution in [1.29, 1.82) is 0 Å². The quantitative estimate of drug-likeness (QED) is 0.479. The first-order valence-electron chi connectivity index (χ1n) is 5.37. The summed E-state index contributed by atoms with van der Waals surface area (Å²) in [5.74, 6) is 6.25. The number of carbonyl (C=O) groups excluding carboxylic acids is 1. The molecule has 0 unspecified atom stereocenters. The van der Waals surface area contributed by atoms with Crippen LogP contribution in [0.5, 0.6) is 0 Å². The van der Waals surface area contributed by atoms with Gasteiger partial charge in [0.2, 0.25) is 11.2 Å². The molecule has 17 heavy (non-hydrogen) atoms. The van der Waals surface area contributed by atoms with Crippen molar-refractivity contribution in [2.45, 2.75) is 19.3 Å². The number of nitrogens with zero attached hydrogens (tertiary/aromatic N) is 3. The molecular formula is C10H14ClN5O. The van der Waals surface area contributed by atoms with E-state index in [0.717, 1.165) is 12.8 Å². The van der Waals surface area contributed by atoms with E-state index in [4.69, 9.17) is 17.4 Å². The van der Waals surface area contributed by atoms with Gasteiger partial charge < -0.3 is 10.3 Å². The number of rotatable bonds is 4. The minimum atomic E-state index is 0.0370. The lowest BCUT2D eigenvalue weighted by molar-refractivity contribution is -0.118. The number of hydrogen-bond acceptors (Lipinski definition) is 5. The summed E-state index contributed by atoms with van der Waals surface area (Å²) < 4.78 is 0. The van der Waals surface area contributed by atoms with Gasteiger partial charge in [-0.2, -0.15) is 4.98 Å². The molecule has 0 radical (unpaired) electrons. The monoisotopic (exact) mass is 255 g/mol. The lowest BCUT2D eigenvalue weighted by Crippen LogP contribution is -2.28. The van der Waals surface area contributed by atoms with Crippen LogP contribution in [0.25, 0.3) is 0 Å². The van der Waals surface area contributed by atoms with E-state index in [-0.39, 0.29) is 11.2 Å². The van der Waals surface area contributed by atoms with Gasteiger partial charge in [-0.25, -0.2) is 10.8 Å². The van der Waals surface area contributed by atoms with Gasteiger partial charge in [0, 0.05) is 13.5 Å². The Morgan fingerprint density at radius 2 is 2.41 bits per heavy atom. The smallest absolute Gasteiger partial charge is 0.227 e. The summed E-state index contributed by atoms with van der Waals surface area (Å²) in [6.07, 6.45) is 4.32. The first kappa shape index (κ1) is 12.1. The van der Waals surface area contributed by atoms with Gasteiger partial charge >= 0.3 is 0 Å². The molecule has 1 aromatic heterocycles. The first-order chi connectivity index (χ1) is 8.11. The topological polar surface area (TPSA) is 84.1 Å². The van der Waals surface area contributed by atoms with Crippen molar-refractivity contribution in [3.63, 3.8) is 0 Å². The molecule has 92 valence electrons. The normalized spacial score (nSPS) is 14.5. The van der Waals surface area contributed by atoms with Gasteiger partial charge in [0.25, 0.3) is 0 Å². The van der Waals surface area contributed by atoms with Gasteiger partial charge in [0.1, 0.15) is 5.69 Å². The van der Waals surface area contributed by atoms with E-state index >= 15 is 0 Å². The summed E-state index contributed by atoms with van der Waals surface area (Å²) in [6.45, 7) is 0. The number of halogens is 1. The fraction of sp³-hybridized carbons (Fsp3) is 0.500. The van der Waals surface area contributed by atoms with Crippen molar-refractivity contribution in [3.8, 4) is 0 Å². The van der Waals surface area contributed by atoms with E-state index in [1.807, 2.05) is 0 Å². The third kappa shape index (κ3) is 2.83. The van der Waals surface area contributed by atoms with Crippen molar-refractivity contribution < 1.29 is 4.79 Å². The molecule has 3 N–H and O–H groups in total. The Balaban J connectivity index is 2.16. The first-order valence-corrected chi connectivity index (χ1v) is 5.75. The number of nitrogen functional groups attached to an aromatic ring is 1. The Morgan fingerprint density at radius 1 is 1.71 bits per heavy atom. The molecule has 2 rings (SSSR count). The molecule has 0 saturated heterocycles. The van der Waals surface area contributed by atoms with E-state index in [9.17, 15) is 4.79 Å². The van der Waals surface area contributed by atoms with Gasteiger partial charge in [-0.3, -0.25) is 4.79 Å². The molecule has 0 bridgehead atoms. The minimum Gasteiger partial charge on any atom is -0.311 e. The second-order valence-electron chi connectivity index (χ2n) is 4.12. The average Bonchev–Trinajstić information content (AvgIpc) is 3.11. The zero-order valence-corrected chi connectivity index (χ0v) is 10.2. The van der Waals surface area contributed by atoms with Crippen LogP contribution in [0.4, 0.5) is 11.5 Å². The number of hydrazine groups is 1. The molecule has 0 aromatic carbocycles. The third-order valence-electron chi connectivity index (χ3n) is 2.77. The van der Waals surface area contributed by atoms with Crippen LogP contribution in [0.3, 0.4) is 0 Å². The van der Waals surface area contributed by atoms with Crippen LogP contribution in [-0.4, -0.2) is 22.9 Å². The Morgan fingerprint density at radius 3 is 3.00 bits per heavy atom. The Labute approximate surface area is 104 Å². The van der Waals surface area contributed by atoms with Crippen LogP contribution in [0.1, 0.15) is 19.3 Å². The molecule has 7 heteroatoms. The molecule has 0 spiro atoms. The van der Waals surface area contributed by atoms with Gasteiger partial charge in [-0.15, -0.1) is 0 Å². The van der Waals surface area contributed by atoms with Crippen LogP contribution >= 0.6 is 11.6 Å². The predicted molar refractivity (Wildman–Crippen MR) is 65.6 cm³/mol. The van der Waals surface area contributed by atoms with Gasteiger partial charge in [0.15, 0.2) is 5.82 Å². The summed E-state index contributed by atoms with van der Waals surface area (Å²) >= 11 is 5.65. The molecule has 6 nitrogen and oxygen atoms in total. The molecule has 1 aliphatic carbocycles. The number of hydrogen-bond donors (Lipinski definition) is 2. The zero-order chi connectivity index (χ0) is 12.4. The van der Waals surface area contributed by atoms with E-state index in [1.54, 1.807) is 7.05 Å². The van der Waals surface area contributed by atoms with Gasteiger partial charge in [-0.05, 0) is 30.4 Å². The van der Waals surface area contributed by atoms with Crippen molar-refractivity contribution in [1.82, 2.24) is 9.97 Å². The maximum atomic E-state index is 11.9. The van der Waals surface area contributed by atoms with Crippen LogP contribution in [-0.2, 0) is 4.79 Å². The van der Waals surface area contributed by atoms with Crippen molar-refractivity contribution >= 4 is 29.0 Å². The molecule has 1 aromatic rings. The number of anilines is 2. The van der Waals surface area contributed by atoms with Crippen LogP contribution in [0, 0.1) is 5.92 Å². The highest BCUT2D eigenvalue weighted by atomic mass is 35.5. The largest absolute Gasteiger partial charge is 0.311 e. The molecule has 1 saturated carbocycles. The molecule has 1 aliphatic rings. The second kappa shape index (κ2) is 4.85. The van der Waals surface area contributed by atoms with E-state index in [2.05, 4.69) is 15.4 Å². The second-order valence-corrected chi connectivity index (χ2v) is 4.46. The van der Waals surface area contributed by atoms with E-state index < -0.39 is 0 Å². The maximum Gasteiger partial charge on any atom is 0.227 e. The summed E-state index contributed by atoms with van der Waals surface area (Å²) in [5, 5.41) is 0.0877. The SMILES string of the molecule is CN(C(=O)CC1CC1)c1cnc(Cl)nc1NN. The molecule has 1 fully saturated rings. The number of amides is 1. The molecule has 0 atom stereocenters. The van der Waals surface area contributed by atoms with Crippen molar-refractivity contribution in [2.24, 2.45) is 11.8 Å².